The maximum atomic E-state index is 12.9. The first-order valence-electron chi connectivity index (χ1n) is 9.34. The summed E-state index contributed by atoms with van der Waals surface area (Å²) in [5.41, 5.74) is 0.864. The van der Waals surface area contributed by atoms with Crippen LogP contribution in [0.15, 0.2) is 64.4 Å². The van der Waals surface area contributed by atoms with Crippen LogP contribution in [0, 0.1) is 0 Å². The zero-order chi connectivity index (χ0) is 21.3. The van der Waals surface area contributed by atoms with E-state index in [1.54, 1.807) is 43.7 Å². The SMILES string of the molecule is Cn1c(=O)c2c(nc(NCc3cccnc3)n2CC(=O)c2ccccc2)n(C)c1=O. The normalized spacial score (nSPS) is 11.0. The minimum Gasteiger partial charge on any atom is -0.351 e. The van der Waals surface area contributed by atoms with E-state index in [1.165, 1.54) is 16.2 Å². The molecule has 9 nitrogen and oxygen atoms in total. The van der Waals surface area contributed by atoms with Gasteiger partial charge in [-0.15, -0.1) is 0 Å². The number of ketones is 1. The van der Waals surface area contributed by atoms with Crippen LogP contribution in [0.4, 0.5) is 5.95 Å². The Kier molecular flexibility index (Phi) is 5.01. The average molecular weight is 404 g/mol. The Hall–Kier alpha value is -4.01. The van der Waals surface area contributed by atoms with Gasteiger partial charge in [-0.3, -0.25) is 28.3 Å². The molecule has 0 saturated heterocycles. The molecule has 4 rings (SSSR count). The Labute approximate surface area is 171 Å². The highest BCUT2D eigenvalue weighted by atomic mass is 16.2. The van der Waals surface area contributed by atoms with Gasteiger partial charge in [-0.25, -0.2) is 4.79 Å². The average Bonchev–Trinajstić information content (AvgIpc) is 3.14. The Morgan fingerprint density at radius 2 is 1.80 bits per heavy atom. The standard InChI is InChI=1S/C21H20N6O3/c1-25-18-17(19(29)26(2)21(25)30)27(13-16(28)15-8-4-3-5-9-15)20(24-18)23-12-14-7-6-10-22-11-14/h3-11H,12-13H2,1-2H3,(H,23,24). The van der Waals surface area contributed by atoms with E-state index in [0.717, 1.165) is 10.1 Å². The van der Waals surface area contributed by atoms with Gasteiger partial charge in [-0.05, 0) is 11.6 Å². The van der Waals surface area contributed by atoms with Crippen LogP contribution in [0.2, 0.25) is 0 Å². The van der Waals surface area contributed by atoms with Crippen molar-refractivity contribution in [3.63, 3.8) is 0 Å². The molecule has 0 aliphatic carbocycles. The summed E-state index contributed by atoms with van der Waals surface area (Å²) in [6.45, 7) is 0.300. The van der Waals surface area contributed by atoms with Gasteiger partial charge in [0.15, 0.2) is 16.9 Å². The van der Waals surface area contributed by atoms with E-state index in [9.17, 15) is 14.4 Å². The molecular weight excluding hydrogens is 384 g/mol. The van der Waals surface area contributed by atoms with Gasteiger partial charge in [0.2, 0.25) is 5.95 Å². The number of hydrogen-bond acceptors (Lipinski definition) is 6. The summed E-state index contributed by atoms with van der Waals surface area (Å²) in [5, 5.41) is 3.17. The molecule has 0 amide bonds. The molecule has 9 heteroatoms. The number of fused-ring (bicyclic) bond motifs is 1. The lowest BCUT2D eigenvalue weighted by Gasteiger charge is -2.10. The van der Waals surface area contributed by atoms with Crippen LogP contribution in [0.5, 0.6) is 0 Å². The second kappa shape index (κ2) is 7.78. The molecule has 0 spiro atoms. The number of pyridine rings is 1. The van der Waals surface area contributed by atoms with E-state index < -0.39 is 11.2 Å². The minimum absolute atomic E-state index is 0.0939. The third-order valence-electron chi connectivity index (χ3n) is 4.92. The van der Waals surface area contributed by atoms with Gasteiger partial charge in [-0.1, -0.05) is 36.4 Å². The lowest BCUT2D eigenvalue weighted by molar-refractivity contribution is 0.0974. The molecule has 0 aliphatic heterocycles. The third-order valence-corrected chi connectivity index (χ3v) is 4.92. The first kappa shape index (κ1) is 19.3. The molecule has 30 heavy (non-hydrogen) atoms. The number of aromatic nitrogens is 5. The molecule has 1 N–H and O–H groups in total. The predicted molar refractivity (Wildman–Crippen MR) is 113 cm³/mol. The van der Waals surface area contributed by atoms with Crippen LogP contribution >= 0.6 is 0 Å². The lowest BCUT2D eigenvalue weighted by Crippen LogP contribution is -2.37. The molecule has 0 bridgehead atoms. The maximum Gasteiger partial charge on any atom is 0.332 e. The van der Waals surface area contributed by atoms with Crippen molar-refractivity contribution in [1.29, 1.82) is 0 Å². The van der Waals surface area contributed by atoms with Crippen LogP contribution in [0.1, 0.15) is 15.9 Å². The van der Waals surface area contributed by atoms with Crippen molar-refractivity contribution < 1.29 is 4.79 Å². The summed E-state index contributed by atoms with van der Waals surface area (Å²) in [6.07, 6.45) is 3.39. The molecule has 0 radical (unpaired) electrons. The number of nitrogens with one attached hydrogen (secondary N) is 1. The second-order valence-corrected chi connectivity index (χ2v) is 6.90. The third kappa shape index (κ3) is 3.41. The van der Waals surface area contributed by atoms with Crippen molar-refractivity contribution in [1.82, 2.24) is 23.7 Å². The Balaban J connectivity index is 1.83. The highest BCUT2D eigenvalue weighted by molar-refractivity contribution is 5.96. The van der Waals surface area contributed by atoms with Crippen molar-refractivity contribution >= 4 is 22.9 Å². The summed E-state index contributed by atoms with van der Waals surface area (Å²) in [4.78, 5) is 46.6. The lowest BCUT2D eigenvalue weighted by atomic mass is 10.1. The topological polar surface area (TPSA) is 104 Å². The maximum absolute atomic E-state index is 12.9. The van der Waals surface area contributed by atoms with E-state index >= 15 is 0 Å². The fourth-order valence-electron chi connectivity index (χ4n) is 3.28. The van der Waals surface area contributed by atoms with E-state index in [2.05, 4.69) is 15.3 Å². The Bertz CT molecular complexity index is 1340. The van der Waals surface area contributed by atoms with Crippen molar-refractivity contribution in [3.05, 3.63) is 86.8 Å². The number of carbonyl (C=O) groups excluding carboxylic acids is 1. The number of benzene rings is 1. The van der Waals surface area contributed by atoms with Gasteiger partial charge in [0, 0.05) is 38.6 Å². The van der Waals surface area contributed by atoms with E-state index in [-0.39, 0.29) is 23.5 Å². The van der Waals surface area contributed by atoms with Crippen LogP contribution < -0.4 is 16.6 Å². The summed E-state index contributed by atoms with van der Waals surface area (Å²) in [7, 11) is 2.95. The fourth-order valence-corrected chi connectivity index (χ4v) is 3.28. The number of rotatable bonds is 6. The molecule has 3 heterocycles. The highest BCUT2D eigenvalue weighted by Gasteiger charge is 2.21. The Morgan fingerprint density at radius 3 is 2.50 bits per heavy atom. The first-order valence-corrected chi connectivity index (χ1v) is 9.34. The number of aryl methyl sites for hydroxylation is 1. The molecule has 0 saturated carbocycles. The zero-order valence-corrected chi connectivity index (χ0v) is 16.6. The van der Waals surface area contributed by atoms with Gasteiger partial charge < -0.3 is 5.32 Å². The second-order valence-electron chi connectivity index (χ2n) is 6.90. The number of carbonyl (C=O) groups is 1. The van der Waals surface area contributed by atoms with Crippen LogP contribution in [-0.4, -0.2) is 29.5 Å². The van der Waals surface area contributed by atoms with Crippen molar-refractivity contribution in [2.75, 3.05) is 5.32 Å². The molecule has 0 aliphatic rings. The number of anilines is 1. The molecular formula is C21H20N6O3. The zero-order valence-electron chi connectivity index (χ0n) is 16.6. The summed E-state index contributed by atoms with van der Waals surface area (Å²) >= 11 is 0. The van der Waals surface area contributed by atoms with Gasteiger partial charge in [0.25, 0.3) is 5.56 Å². The number of hydrogen-bond donors (Lipinski definition) is 1. The van der Waals surface area contributed by atoms with Gasteiger partial charge in [0.05, 0.1) is 6.54 Å². The summed E-state index contributed by atoms with van der Waals surface area (Å²) in [6, 6.07) is 12.5. The highest BCUT2D eigenvalue weighted by Crippen LogP contribution is 2.17. The van der Waals surface area contributed by atoms with Crippen molar-refractivity contribution in [3.8, 4) is 0 Å². The van der Waals surface area contributed by atoms with E-state index in [0.29, 0.717) is 18.1 Å². The molecule has 0 unspecified atom stereocenters. The molecule has 4 aromatic rings. The van der Waals surface area contributed by atoms with E-state index in [1.807, 2.05) is 18.2 Å². The fraction of sp³-hybridized carbons (Fsp3) is 0.190. The monoisotopic (exact) mass is 404 g/mol. The molecule has 0 atom stereocenters. The van der Waals surface area contributed by atoms with Gasteiger partial charge in [0.1, 0.15) is 0 Å². The largest absolute Gasteiger partial charge is 0.351 e. The number of nitrogens with zero attached hydrogens (tertiary/aromatic N) is 5. The van der Waals surface area contributed by atoms with E-state index in [4.69, 9.17) is 0 Å². The van der Waals surface area contributed by atoms with Crippen LogP contribution in [0.25, 0.3) is 11.2 Å². The van der Waals surface area contributed by atoms with Crippen molar-refractivity contribution in [2.24, 2.45) is 14.1 Å². The summed E-state index contributed by atoms with van der Waals surface area (Å²) in [5.74, 6) is 0.159. The van der Waals surface area contributed by atoms with Crippen molar-refractivity contribution in [2.45, 2.75) is 13.1 Å². The van der Waals surface area contributed by atoms with Crippen LogP contribution in [0.3, 0.4) is 0 Å². The quantitative estimate of drug-likeness (QED) is 0.486. The Morgan fingerprint density at radius 1 is 1.03 bits per heavy atom. The number of imidazole rings is 1. The molecule has 3 aromatic heterocycles. The van der Waals surface area contributed by atoms with Crippen LogP contribution in [-0.2, 0) is 27.2 Å². The predicted octanol–water partition coefficient (Wildman–Crippen LogP) is 1.32. The van der Waals surface area contributed by atoms with Gasteiger partial charge in [-0.2, -0.15) is 4.98 Å². The molecule has 1 aromatic carbocycles. The smallest absolute Gasteiger partial charge is 0.332 e. The number of Topliss-reactive ketones (excluding diaryl/α,β-unsaturated/α-hetero) is 1. The molecule has 0 fully saturated rings. The molecule has 152 valence electrons. The first-order chi connectivity index (χ1) is 14.5. The summed E-state index contributed by atoms with van der Waals surface area (Å²) < 4.78 is 3.84. The minimum atomic E-state index is -0.504. The van der Waals surface area contributed by atoms with Gasteiger partial charge >= 0.3 is 5.69 Å².